The van der Waals surface area contributed by atoms with E-state index in [4.69, 9.17) is 37.0 Å². The van der Waals surface area contributed by atoms with Crippen LogP contribution in [-0.2, 0) is 65.4 Å². The van der Waals surface area contributed by atoms with Crippen LogP contribution in [0, 0.1) is 5.92 Å². The van der Waals surface area contributed by atoms with Crippen molar-refractivity contribution in [2.24, 2.45) is 5.92 Å². The Hall–Kier alpha value is -2.98. The number of rotatable bonds is 75. The molecule has 0 saturated heterocycles. The monoisotopic (exact) mass is 1430 g/mol. The second-order valence-corrected chi connectivity index (χ2v) is 30.2. The van der Waals surface area contributed by atoms with Crippen LogP contribution in [0.1, 0.15) is 369 Å². The van der Waals surface area contributed by atoms with Gasteiger partial charge in [-0.1, -0.05) is 314 Å². The molecule has 0 saturated carbocycles. The van der Waals surface area contributed by atoms with Crippen LogP contribution in [0.2, 0.25) is 0 Å². The van der Waals surface area contributed by atoms with Crippen LogP contribution >= 0.6 is 15.6 Å². The lowest BCUT2D eigenvalue weighted by Gasteiger charge is -2.21. The zero-order chi connectivity index (χ0) is 71.9. The van der Waals surface area contributed by atoms with Crippen molar-refractivity contribution >= 4 is 39.5 Å². The molecule has 0 aliphatic carbocycles. The highest BCUT2D eigenvalue weighted by molar-refractivity contribution is 7.47. The summed E-state index contributed by atoms with van der Waals surface area (Å²) in [5.41, 5.74) is 0. The molecule has 19 heteroatoms. The normalized spacial score (nSPS) is 14.5. The van der Waals surface area contributed by atoms with Gasteiger partial charge in [0.05, 0.1) is 26.4 Å². The first-order chi connectivity index (χ1) is 47.6. The molecule has 0 aliphatic heterocycles. The third-order valence-corrected chi connectivity index (χ3v) is 19.5. The van der Waals surface area contributed by atoms with Crippen molar-refractivity contribution in [3.63, 3.8) is 0 Å². The zero-order valence-electron chi connectivity index (χ0n) is 62.9. The Kier molecular flexibility index (Phi) is 68.9. The van der Waals surface area contributed by atoms with Crippen LogP contribution in [0.4, 0.5) is 0 Å². The molecule has 3 N–H and O–H groups in total. The minimum absolute atomic E-state index is 0.0825. The first-order valence-electron chi connectivity index (χ1n) is 39.8. The third-order valence-electron chi connectivity index (χ3n) is 17.6. The fourth-order valence-corrected chi connectivity index (χ4v) is 12.7. The molecule has 574 valence electrons. The van der Waals surface area contributed by atoms with Gasteiger partial charge in [-0.15, -0.1) is 0 Å². The number of esters is 4. The molecule has 0 amide bonds. The summed E-state index contributed by atoms with van der Waals surface area (Å²) < 4.78 is 68.6. The van der Waals surface area contributed by atoms with Crippen LogP contribution < -0.4 is 0 Å². The first-order valence-corrected chi connectivity index (χ1v) is 42.8. The van der Waals surface area contributed by atoms with E-state index in [2.05, 4.69) is 83.2 Å². The van der Waals surface area contributed by atoms with Gasteiger partial charge in [-0.25, -0.2) is 9.13 Å². The van der Waals surface area contributed by atoms with Crippen molar-refractivity contribution in [3.8, 4) is 0 Å². The Balaban J connectivity index is 5.34. The number of aliphatic hydroxyl groups excluding tert-OH is 1. The third kappa shape index (κ3) is 70.1. The molecule has 0 aliphatic rings. The molecule has 17 nitrogen and oxygen atoms in total. The van der Waals surface area contributed by atoms with Gasteiger partial charge in [0, 0.05) is 25.7 Å². The Morgan fingerprint density at radius 1 is 0.327 bits per heavy atom. The molecular formula is C79H146O17P2. The van der Waals surface area contributed by atoms with E-state index in [1.165, 1.54) is 161 Å². The fraction of sp³-hybridized carbons (Fsp3) is 0.848. The summed E-state index contributed by atoms with van der Waals surface area (Å²) in [5, 5.41) is 10.6. The van der Waals surface area contributed by atoms with E-state index in [0.717, 1.165) is 128 Å². The number of phosphoric acid groups is 2. The zero-order valence-corrected chi connectivity index (χ0v) is 64.7. The van der Waals surface area contributed by atoms with Crippen LogP contribution in [-0.4, -0.2) is 96.7 Å². The van der Waals surface area contributed by atoms with Gasteiger partial charge >= 0.3 is 39.5 Å². The average Bonchev–Trinajstić information content (AvgIpc) is 1.04. The molecule has 0 rings (SSSR count). The molecule has 98 heavy (non-hydrogen) atoms. The quantitative estimate of drug-likeness (QED) is 0.0169. The van der Waals surface area contributed by atoms with E-state index in [0.29, 0.717) is 25.7 Å². The minimum atomic E-state index is -4.97. The second-order valence-electron chi connectivity index (χ2n) is 27.3. The second kappa shape index (κ2) is 71.0. The predicted octanol–water partition coefficient (Wildman–Crippen LogP) is 22.8. The SMILES string of the molecule is CCCCCC/C=C\C=C/CCCCCCCC(=O)OC[C@H](COP(=O)(O)OC[C@@H](O)COP(=O)(O)OC[C@@H](COC(=O)CCCCCCCCCCC(C)CC)OC(=O)CCCCCCC/C=C\C=C/CCCCCC)OC(=O)CCCCCCCCCCCCCCCCCC. The smallest absolute Gasteiger partial charge is 0.462 e. The maximum atomic E-state index is 13.1. The average molecular weight is 1430 g/mol. The van der Waals surface area contributed by atoms with E-state index in [-0.39, 0.29) is 25.7 Å². The number of phosphoric ester groups is 2. The van der Waals surface area contributed by atoms with E-state index in [9.17, 15) is 43.2 Å². The maximum Gasteiger partial charge on any atom is 0.472 e. The van der Waals surface area contributed by atoms with Gasteiger partial charge in [-0.3, -0.25) is 37.3 Å². The molecule has 6 atom stereocenters. The fourth-order valence-electron chi connectivity index (χ4n) is 11.1. The van der Waals surface area contributed by atoms with Gasteiger partial charge in [0.1, 0.15) is 19.3 Å². The lowest BCUT2D eigenvalue weighted by atomic mass is 9.99. The van der Waals surface area contributed by atoms with Crippen molar-refractivity contribution in [3.05, 3.63) is 48.6 Å². The molecule has 0 fully saturated rings. The summed E-state index contributed by atoms with van der Waals surface area (Å²) >= 11 is 0. The Bertz CT molecular complexity index is 2070. The Morgan fingerprint density at radius 2 is 0.571 bits per heavy atom. The van der Waals surface area contributed by atoms with Crippen LogP contribution in [0.25, 0.3) is 0 Å². The summed E-state index contributed by atoms with van der Waals surface area (Å²) in [6.07, 6.45) is 66.7. The number of unbranched alkanes of at least 4 members (excludes halogenated alkanes) is 40. The highest BCUT2D eigenvalue weighted by Crippen LogP contribution is 2.45. The summed E-state index contributed by atoms with van der Waals surface area (Å²) in [5.74, 6) is -1.40. The number of allylic oxidation sites excluding steroid dienone is 8. The summed E-state index contributed by atoms with van der Waals surface area (Å²) in [6.45, 7) is 7.18. The van der Waals surface area contributed by atoms with Gasteiger partial charge in [0.25, 0.3) is 0 Å². The first kappa shape index (κ1) is 95.0. The Morgan fingerprint density at radius 3 is 0.867 bits per heavy atom. The lowest BCUT2D eigenvalue weighted by molar-refractivity contribution is -0.161. The van der Waals surface area contributed by atoms with Crippen LogP contribution in [0.15, 0.2) is 48.6 Å². The van der Waals surface area contributed by atoms with Gasteiger partial charge < -0.3 is 33.8 Å². The predicted molar refractivity (Wildman–Crippen MR) is 400 cm³/mol. The largest absolute Gasteiger partial charge is 0.472 e. The van der Waals surface area contributed by atoms with Crippen molar-refractivity contribution in [1.82, 2.24) is 0 Å². The maximum absolute atomic E-state index is 13.1. The van der Waals surface area contributed by atoms with Gasteiger partial charge in [0.2, 0.25) is 0 Å². The molecule has 0 aromatic heterocycles. The molecule has 0 aromatic carbocycles. The van der Waals surface area contributed by atoms with Crippen molar-refractivity contribution in [2.45, 2.75) is 387 Å². The molecule has 0 bridgehead atoms. The van der Waals surface area contributed by atoms with Crippen molar-refractivity contribution in [2.75, 3.05) is 39.6 Å². The van der Waals surface area contributed by atoms with Crippen LogP contribution in [0.3, 0.4) is 0 Å². The van der Waals surface area contributed by atoms with Crippen molar-refractivity contribution in [1.29, 1.82) is 0 Å². The van der Waals surface area contributed by atoms with Gasteiger partial charge in [-0.05, 0) is 83.0 Å². The van der Waals surface area contributed by atoms with Gasteiger partial charge in [-0.2, -0.15) is 0 Å². The minimum Gasteiger partial charge on any atom is -0.462 e. The molecule has 0 spiro atoms. The highest BCUT2D eigenvalue weighted by Gasteiger charge is 2.30. The summed E-state index contributed by atoms with van der Waals surface area (Å²) in [7, 11) is -9.94. The molecule has 0 heterocycles. The van der Waals surface area contributed by atoms with Crippen molar-refractivity contribution < 1.29 is 80.2 Å². The van der Waals surface area contributed by atoms with E-state index in [1.54, 1.807) is 0 Å². The number of aliphatic hydroxyl groups is 1. The number of ether oxygens (including phenoxy) is 4. The number of hydrogen-bond donors (Lipinski definition) is 3. The van der Waals surface area contributed by atoms with Gasteiger partial charge in [0.15, 0.2) is 12.2 Å². The molecule has 0 aromatic rings. The Labute approximate surface area is 597 Å². The topological polar surface area (TPSA) is 237 Å². The molecule has 0 radical (unpaired) electrons. The molecule has 3 unspecified atom stereocenters. The van der Waals surface area contributed by atoms with Crippen LogP contribution in [0.5, 0.6) is 0 Å². The summed E-state index contributed by atoms with van der Waals surface area (Å²) in [6, 6.07) is 0. The van der Waals surface area contributed by atoms with E-state index in [1.807, 2.05) is 0 Å². The standard InChI is InChI=1S/C79H146O17P2/c1-6-10-13-16-19-22-25-28-31-34-37-40-43-50-55-60-65-78(83)95-74(68-89-76(81)62-57-52-47-41-38-35-32-29-26-23-20-17-14-11-7-2)70-93-97(85,86)91-66-73(80)67-92-98(87,88)94-71-75(69-90-77(82)63-58-53-48-45-44-46-51-56-61-72(5)9-4)96-79(84)64-59-54-49-42-39-36-33-30-27-24-21-18-15-12-8-3/h23-24,26-27,29-30,32-33,72-75,80H,6-22,25,28,31,34-71H2,1-5H3,(H,85,86)(H,87,88)/b26-23-,27-24-,32-29-,33-30-/t72?,73-,74-,75-/m1/s1. The molecular weight excluding hydrogens is 1280 g/mol. The highest BCUT2D eigenvalue weighted by atomic mass is 31.2. The lowest BCUT2D eigenvalue weighted by Crippen LogP contribution is -2.30. The number of carbonyl (C=O) groups excluding carboxylic acids is 4. The van der Waals surface area contributed by atoms with E-state index < -0.39 is 97.5 Å². The number of carbonyl (C=O) groups is 4. The number of hydrogen-bond acceptors (Lipinski definition) is 15. The van der Waals surface area contributed by atoms with E-state index >= 15 is 0 Å². The summed E-state index contributed by atoms with van der Waals surface area (Å²) in [4.78, 5) is 72.9.